The predicted molar refractivity (Wildman–Crippen MR) is 44.7 cm³/mol. The van der Waals surface area contributed by atoms with Crippen molar-refractivity contribution in [3.63, 3.8) is 0 Å². The molecule has 4 nitrogen and oxygen atoms in total. The van der Waals surface area contributed by atoms with E-state index in [9.17, 15) is 52.4 Å². The van der Waals surface area contributed by atoms with Crippen molar-refractivity contribution in [3.05, 3.63) is 0 Å². The van der Waals surface area contributed by atoms with Crippen molar-refractivity contribution in [1.82, 2.24) is 4.53 Å². The van der Waals surface area contributed by atoms with Crippen molar-refractivity contribution in [2.75, 3.05) is 13.2 Å². The molecule has 128 valence electrons. The fourth-order valence-electron chi connectivity index (χ4n) is 0.846. The molecule has 0 aromatic carbocycles. The first-order chi connectivity index (χ1) is 8.98. The summed E-state index contributed by atoms with van der Waals surface area (Å²) in [5.74, 6) is -15.0. The van der Waals surface area contributed by atoms with Gasteiger partial charge >= 0.3 is 33.3 Å². The van der Waals surface area contributed by atoms with Gasteiger partial charge in [-0.05, 0) is 4.53 Å². The van der Waals surface area contributed by atoms with Gasteiger partial charge in [-0.3, -0.25) is 0 Å². The zero-order chi connectivity index (χ0) is 17.5. The van der Waals surface area contributed by atoms with Crippen LogP contribution in [0.3, 0.4) is 0 Å². The number of halogens is 10. The molecule has 0 heterocycles. The fraction of sp³-hybridized carbons (Fsp3) is 1.00. The van der Waals surface area contributed by atoms with Gasteiger partial charge in [-0.2, -0.15) is 39.5 Å². The summed E-state index contributed by atoms with van der Waals surface area (Å²) in [5.41, 5.74) is 0. The Balaban J connectivity index is 6.02. The Labute approximate surface area is 109 Å². The molecule has 0 aliphatic rings. The van der Waals surface area contributed by atoms with Crippen LogP contribution in [0.4, 0.5) is 44.0 Å². The van der Waals surface area contributed by atoms with E-state index in [4.69, 9.17) is 5.11 Å². The number of rotatable bonds is 6. The molecule has 0 rings (SSSR count). The summed E-state index contributed by atoms with van der Waals surface area (Å²) in [6, 6.07) is 0. The van der Waals surface area contributed by atoms with Crippen LogP contribution in [0.1, 0.15) is 0 Å². The number of nitrogens with zero attached hydrogens (tertiary/aromatic N) is 1. The van der Waals surface area contributed by atoms with E-state index >= 15 is 0 Å². The van der Waals surface area contributed by atoms with Gasteiger partial charge < -0.3 is 5.11 Å². The van der Waals surface area contributed by atoms with Gasteiger partial charge in [0.25, 0.3) is 0 Å². The van der Waals surface area contributed by atoms with Crippen molar-refractivity contribution in [1.29, 1.82) is 0 Å². The molecule has 0 aliphatic heterocycles. The highest BCUT2D eigenvalue weighted by Gasteiger charge is 2.86. The van der Waals surface area contributed by atoms with E-state index in [1.807, 2.05) is 0 Å². The van der Waals surface area contributed by atoms with E-state index in [2.05, 4.69) is 0 Å². The molecule has 0 spiro atoms. The second kappa shape index (κ2) is 5.42. The van der Waals surface area contributed by atoms with Gasteiger partial charge in [0.15, 0.2) is 0 Å². The number of sulfonamides is 1. The lowest BCUT2D eigenvalue weighted by atomic mass is 10.1. The Morgan fingerprint density at radius 3 is 1.52 bits per heavy atom. The van der Waals surface area contributed by atoms with Crippen LogP contribution in [0.15, 0.2) is 0 Å². The molecule has 0 radical (unpaired) electrons. The molecule has 21 heavy (non-hydrogen) atoms. The van der Waals surface area contributed by atoms with Crippen LogP contribution in [-0.4, -0.2) is 54.5 Å². The molecule has 0 fully saturated rings. The Hall–Kier alpha value is -0.830. The minimum atomic E-state index is -7.50. The first kappa shape index (κ1) is 20.2. The quantitative estimate of drug-likeness (QED) is 0.581. The van der Waals surface area contributed by atoms with Crippen LogP contribution in [0, 0.1) is 0 Å². The zero-order valence-corrected chi connectivity index (χ0v) is 10.1. The van der Waals surface area contributed by atoms with Gasteiger partial charge in [0, 0.05) is 0 Å². The van der Waals surface area contributed by atoms with Gasteiger partial charge in [-0.1, -0.05) is 0 Å². The molecule has 0 saturated carbocycles. The maximum absolute atomic E-state index is 12.9. The standard InChI is InChI=1S/C6H5F10NO3S/c7-3(8,5(11,12)13)4(9,10)6(14,15)21(19,20)17(16)1-2-18/h18H,1-2H2. The van der Waals surface area contributed by atoms with Crippen molar-refractivity contribution in [2.45, 2.75) is 23.3 Å². The summed E-state index contributed by atoms with van der Waals surface area (Å²) >= 11 is 0. The molecule has 0 saturated heterocycles. The molecule has 15 heteroatoms. The van der Waals surface area contributed by atoms with E-state index in [1.165, 1.54) is 0 Å². The summed E-state index contributed by atoms with van der Waals surface area (Å²) < 4.78 is 143. The van der Waals surface area contributed by atoms with Crippen LogP contribution in [0.5, 0.6) is 0 Å². The average Bonchev–Trinajstić information content (AvgIpc) is 2.26. The fourth-order valence-corrected chi connectivity index (χ4v) is 1.87. The highest BCUT2D eigenvalue weighted by molar-refractivity contribution is 7.90. The molecule has 0 aliphatic carbocycles. The van der Waals surface area contributed by atoms with Crippen LogP contribution in [0.2, 0.25) is 0 Å². The van der Waals surface area contributed by atoms with Crippen molar-refractivity contribution in [2.24, 2.45) is 0 Å². The predicted octanol–water partition coefficient (Wildman–Crippen LogP) is 1.92. The minimum Gasteiger partial charge on any atom is -0.395 e. The molecular formula is C6H5F10NO3S. The Kier molecular flexibility index (Phi) is 5.21. The van der Waals surface area contributed by atoms with E-state index in [-0.39, 0.29) is 0 Å². The molecular weight excluding hydrogens is 356 g/mol. The third-order valence-corrected chi connectivity index (χ3v) is 3.58. The molecule has 0 bridgehead atoms. The number of aliphatic hydroxyl groups excluding tert-OH is 1. The number of alkyl halides is 9. The second-order valence-corrected chi connectivity index (χ2v) is 5.26. The molecule has 0 unspecified atom stereocenters. The summed E-state index contributed by atoms with van der Waals surface area (Å²) in [6.07, 6.45) is -7.23. The minimum absolute atomic E-state index is 1.53. The Morgan fingerprint density at radius 1 is 0.857 bits per heavy atom. The smallest absolute Gasteiger partial charge is 0.395 e. The maximum atomic E-state index is 12.9. The van der Waals surface area contributed by atoms with Crippen LogP contribution in [0.25, 0.3) is 0 Å². The van der Waals surface area contributed by atoms with E-state index in [0.29, 0.717) is 0 Å². The summed E-state index contributed by atoms with van der Waals surface area (Å²) in [5, 5.41) is 0.915. The lowest BCUT2D eigenvalue weighted by Gasteiger charge is -2.33. The van der Waals surface area contributed by atoms with Gasteiger partial charge in [-0.15, -0.1) is 4.48 Å². The Morgan fingerprint density at radius 2 is 1.24 bits per heavy atom. The summed E-state index contributed by atoms with van der Waals surface area (Å²) in [4.78, 5) is 0. The monoisotopic (exact) mass is 361 g/mol. The van der Waals surface area contributed by atoms with E-state index < -0.39 is 51.0 Å². The molecule has 1 N–H and O–H groups in total. The third kappa shape index (κ3) is 2.90. The highest BCUT2D eigenvalue weighted by Crippen LogP contribution is 2.55. The molecule has 0 amide bonds. The lowest BCUT2D eigenvalue weighted by molar-refractivity contribution is -0.382. The van der Waals surface area contributed by atoms with Gasteiger partial charge in [0.2, 0.25) is 0 Å². The average molecular weight is 361 g/mol. The number of hydrogen-bond acceptors (Lipinski definition) is 3. The topological polar surface area (TPSA) is 57.6 Å². The van der Waals surface area contributed by atoms with E-state index in [0.717, 1.165) is 0 Å². The SMILES string of the molecule is O=S(=O)(N(F)CCO)C(F)(F)C(F)(F)C(F)(F)C(F)(F)F. The molecule has 0 aromatic heterocycles. The van der Waals surface area contributed by atoms with Gasteiger partial charge in [-0.25, -0.2) is 8.42 Å². The zero-order valence-electron chi connectivity index (χ0n) is 9.31. The molecule has 0 atom stereocenters. The normalized spacial score (nSPS) is 15.6. The van der Waals surface area contributed by atoms with E-state index in [1.54, 1.807) is 0 Å². The van der Waals surface area contributed by atoms with Crippen LogP contribution in [-0.2, 0) is 10.0 Å². The first-order valence-corrected chi connectivity index (χ1v) is 5.91. The van der Waals surface area contributed by atoms with Crippen molar-refractivity contribution in [3.8, 4) is 0 Å². The lowest BCUT2D eigenvalue weighted by Crippen LogP contribution is -2.64. The second-order valence-electron chi connectivity index (χ2n) is 3.40. The maximum Gasteiger partial charge on any atom is 0.460 e. The largest absolute Gasteiger partial charge is 0.460 e. The van der Waals surface area contributed by atoms with Crippen molar-refractivity contribution >= 4 is 10.0 Å². The highest BCUT2D eigenvalue weighted by atomic mass is 32.2. The number of hydrogen-bond donors (Lipinski definition) is 1. The summed E-state index contributed by atoms with van der Waals surface area (Å²) in [6.45, 7) is -3.42. The molecule has 0 aromatic rings. The number of aliphatic hydroxyl groups is 1. The van der Waals surface area contributed by atoms with Crippen LogP contribution < -0.4 is 0 Å². The first-order valence-electron chi connectivity index (χ1n) is 4.47. The van der Waals surface area contributed by atoms with Crippen LogP contribution >= 0.6 is 0 Å². The van der Waals surface area contributed by atoms with Gasteiger partial charge in [0.05, 0.1) is 13.2 Å². The third-order valence-electron chi connectivity index (χ3n) is 1.98. The summed E-state index contributed by atoms with van der Waals surface area (Å²) in [7, 11) is -7.26. The van der Waals surface area contributed by atoms with Gasteiger partial charge in [0.1, 0.15) is 0 Å². The van der Waals surface area contributed by atoms with Crippen molar-refractivity contribution < 1.29 is 57.5 Å². The Bertz CT molecular complexity index is 472.